The Morgan fingerprint density at radius 3 is 2.72 bits per heavy atom. The first-order chi connectivity index (χ1) is 8.63. The second-order valence-electron chi connectivity index (χ2n) is 5.26. The number of hydrogen-bond donors (Lipinski definition) is 1. The van der Waals surface area contributed by atoms with Gasteiger partial charge >= 0.3 is 5.97 Å². The minimum Gasteiger partial charge on any atom is -0.490 e. The fraction of sp³-hybridized carbons (Fsp3) is 0.500. The third-order valence-corrected chi connectivity index (χ3v) is 3.80. The van der Waals surface area contributed by atoms with Gasteiger partial charge in [0.05, 0.1) is 12.0 Å². The Labute approximate surface area is 105 Å². The fourth-order valence-corrected chi connectivity index (χ4v) is 2.24. The third kappa shape index (κ3) is 1.85. The molecule has 96 valence electrons. The number of carbonyl (C=O) groups is 1. The molecule has 0 heterocycles. The number of para-hydroxylation sites is 1. The van der Waals surface area contributed by atoms with Gasteiger partial charge in [-0.2, -0.15) is 0 Å². The monoisotopic (exact) mass is 250 g/mol. The van der Waals surface area contributed by atoms with E-state index in [1.807, 2.05) is 0 Å². The molecule has 0 atom stereocenters. The first-order valence-corrected chi connectivity index (χ1v) is 6.29. The first kappa shape index (κ1) is 11.5. The molecule has 3 rings (SSSR count). The van der Waals surface area contributed by atoms with Crippen molar-refractivity contribution in [3.63, 3.8) is 0 Å². The van der Waals surface area contributed by atoms with Crippen LogP contribution in [0, 0.1) is 11.7 Å². The van der Waals surface area contributed by atoms with Gasteiger partial charge in [0.15, 0.2) is 11.6 Å². The molecule has 3 nitrogen and oxygen atoms in total. The van der Waals surface area contributed by atoms with Crippen LogP contribution in [-0.4, -0.2) is 17.7 Å². The Morgan fingerprint density at radius 2 is 2.17 bits per heavy atom. The summed E-state index contributed by atoms with van der Waals surface area (Å²) in [4.78, 5) is 11.3. The SMILES string of the molecule is O=C(O)C1(c2cccc(F)c2OCC2CC2)CC1. The Morgan fingerprint density at radius 1 is 1.44 bits per heavy atom. The zero-order chi connectivity index (χ0) is 12.8. The van der Waals surface area contributed by atoms with E-state index in [1.54, 1.807) is 12.1 Å². The highest BCUT2D eigenvalue weighted by molar-refractivity contribution is 5.86. The average molecular weight is 250 g/mol. The smallest absolute Gasteiger partial charge is 0.314 e. The fourth-order valence-electron chi connectivity index (χ4n) is 2.24. The molecule has 0 aliphatic heterocycles. The number of aliphatic carboxylic acids is 1. The summed E-state index contributed by atoms with van der Waals surface area (Å²) in [7, 11) is 0. The number of halogens is 1. The lowest BCUT2D eigenvalue weighted by molar-refractivity contribution is -0.140. The molecule has 0 bridgehead atoms. The van der Waals surface area contributed by atoms with E-state index < -0.39 is 17.2 Å². The molecule has 0 unspecified atom stereocenters. The van der Waals surface area contributed by atoms with Gasteiger partial charge in [-0.05, 0) is 37.7 Å². The summed E-state index contributed by atoms with van der Waals surface area (Å²) in [6.45, 7) is 0.490. The summed E-state index contributed by atoms with van der Waals surface area (Å²) in [6, 6.07) is 4.55. The largest absolute Gasteiger partial charge is 0.490 e. The highest BCUT2D eigenvalue weighted by atomic mass is 19.1. The number of carboxylic acid groups (broad SMARTS) is 1. The highest BCUT2D eigenvalue weighted by Crippen LogP contribution is 2.52. The Kier molecular flexibility index (Phi) is 2.54. The van der Waals surface area contributed by atoms with E-state index in [1.165, 1.54) is 6.07 Å². The molecule has 1 aromatic carbocycles. The summed E-state index contributed by atoms with van der Waals surface area (Å²) in [6.07, 6.45) is 3.36. The van der Waals surface area contributed by atoms with Gasteiger partial charge in [0.2, 0.25) is 0 Å². The van der Waals surface area contributed by atoms with Gasteiger partial charge in [0, 0.05) is 5.56 Å². The molecule has 0 saturated heterocycles. The van der Waals surface area contributed by atoms with Gasteiger partial charge in [-0.3, -0.25) is 4.79 Å². The van der Waals surface area contributed by atoms with Crippen LogP contribution in [0.5, 0.6) is 5.75 Å². The lowest BCUT2D eigenvalue weighted by Gasteiger charge is -2.16. The molecule has 0 spiro atoms. The molecule has 2 aliphatic rings. The van der Waals surface area contributed by atoms with Gasteiger partial charge in [0.1, 0.15) is 0 Å². The van der Waals surface area contributed by atoms with Gasteiger partial charge in [-0.1, -0.05) is 12.1 Å². The van der Waals surface area contributed by atoms with Crippen molar-refractivity contribution >= 4 is 5.97 Å². The van der Waals surface area contributed by atoms with Crippen molar-refractivity contribution in [1.82, 2.24) is 0 Å². The predicted molar refractivity (Wildman–Crippen MR) is 63.2 cm³/mol. The van der Waals surface area contributed by atoms with E-state index >= 15 is 0 Å². The normalized spacial score (nSPS) is 20.5. The molecule has 18 heavy (non-hydrogen) atoms. The van der Waals surface area contributed by atoms with Crippen molar-refractivity contribution in [3.8, 4) is 5.75 Å². The first-order valence-electron chi connectivity index (χ1n) is 6.29. The second kappa shape index (κ2) is 3.97. The summed E-state index contributed by atoms with van der Waals surface area (Å²) in [5, 5.41) is 9.28. The number of benzene rings is 1. The maximum atomic E-state index is 13.8. The summed E-state index contributed by atoms with van der Waals surface area (Å²) >= 11 is 0. The number of rotatable bonds is 5. The van der Waals surface area contributed by atoms with Crippen molar-refractivity contribution in [2.45, 2.75) is 31.1 Å². The van der Waals surface area contributed by atoms with Crippen molar-refractivity contribution in [2.24, 2.45) is 5.92 Å². The van der Waals surface area contributed by atoms with Crippen LogP contribution in [0.25, 0.3) is 0 Å². The van der Waals surface area contributed by atoms with Gasteiger partial charge in [-0.25, -0.2) is 4.39 Å². The highest BCUT2D eigenvalue weighted by Gasteiger charge is 2.53. The van der Waals surface area contributed by atoms with Gasteiger partial charge in [0.25, 0.3) is 0 Å². The molecule has 4 heteroatoms. The molecular weight excluding hydrogens is 235 g/mol. The third-order valence-electron chi connectivity index (χ3n) is 3.80. The van der Waals surface area contributed by atoms with E-state index in [0.29, 0.717) is 30.9 Å². The minimum absolute atomic E-state index is 0.143. The minimum atomic E-state index is -0.916. The van der Waals surface area contributed by atoms with E-state index in [2.05, 4.69) is 0 Å². The molecule has 2 aliphatic carbocycles. The zero-order valence-electron chi connectivity index (χ0n) is 9.99. The Hall–Kier alpha value is -1.58. The van der Waals surface area contributed by atoms with E-state index in [-0.39, 0.29) is 5.75 Å². The van der Waals surface area contributed by atoms with E-state index in [9.17, 15) is 14.3 Å². The van der Waals surface area contributed by atoms with E-state index in [4.69, 9.17) is 4.74 Å². The van der Waals surface area contributed by atoms with Gasteiger partial charge < -0.3 is 9.84 Å². The predicted octanol–water partition coefficient (Wildman–Crippen LogP) is 2.73. The topological polar surface area (TPSA) is 46.5 Å². The summed E-state index contributed by atoms with van der Waals surface area (Å²) in [5.74, 6) is -0.688. The van der Waals surface area contributed by atoms with Crippen LogP contribution in [0.15, 0.2) is 18.2 Å². The molecule has 2 saturated carbocycles. The maximum absolute atomic E-state index is 13.8. The van der Waals surface area contributed by atoms with Crippen LogP contribution in [0.2, 0.25) is 0 Å². The average Bonchev–Trinajstić information content (AvgIpc) is 3.21. The van der Waals surface area contributed by atoms with Crippen LogP contribution in [0.1, 0.15) is 31.2 Å². The van der Waals surface area contributed by atoms with Crippen molar-refractivity contribution in [3.05, 3.63) is 29.6 Å². The van der Waals surface area contributed by atoms with Crippen molar-refractivity contribution in [2.75, 3.05) is 6.61 Å². The van der Waals surface area contributed by atoms with Gasteiger partial charge in [-0.15, -0.1) is 0 Å². The number of carboxylic acids is 1. The Bertz CT molecular complexity index is 490. The quantitative estimate of drug-likeness (QED) is 0.874. The number of ether oxygens (including phenoxy) is 1. The van der Waals surface area contributed by atoms with Crippen LogP contribution in [0.3, 0.4) is 0 Å². The molecule has 2 fully saturated rings. The van der Waals surface area contributed by atoms with Crippen LogP contribution < -0.4 is 4.74 Å². The molecule has 0 aromatic heterocycles. The molecule has 1 aromatic rings. The summed E-state index contributed by atoms with van der Waals surface area (Å²) < 4.78 is 19.4. The molecule has 0 amide bonds. The van der Waals surface area contributed by atoms with Crippen molar-refractivity contribution in [1.29, 1.82) is 0 Å². The maximum Gasteiger partial charge on any atom is 0.314 e. The lowest BCUT2D eigenvalue weighted by Crippen LogP contribution is -2.21. The Balaban J connectivity index is 1.92. The molecular formula is C14H15FO3. The van der Waals surface area contributed by atoms with Crippen LogP contribution in [0.4, 0.5) is 4.39 Å². The zero-order valence-corrected chi connectivity index (χ0v) is 9.99. The lowest BCUT2D eigenvalue weighted by atomic mass is 9.95. The summed E-state index contributed by atoms with van der Waals surface area (Å²) in [5.41, 5.74) is -0.420. The standard InChI is InChI=1S/C14H15FO3/c15-11-3-1-2-10(14(6-7-14)13(16)17)12(11)18-8-9-4-5-9/h1-3,9H,4-8H2,(H,16,17). The van der Waals surface area contributed by atoms with Crippen LogP contribution >= 0.6 is 0 Å². The molecule has 0 radical (unpaired) electrons. The molecule has 1 N–H and O–H groups in total. The van der Waals surface area contributed by atoms with Crippen LogP contribution in [-0.2, 0) is 10.2 Å². The number of hydrogen-bond acceptors (Lipinski definition) is 2. The van der Waals surface area contributed by atoms with Crippen molar-refractivity contribution < 1.29 is 19.0 Å². The second-order valence-corrected chi connectivity index (χ2v) is 5.26. The van der Waals surface area contributed by atoms with E-state index in [0.717, 1.165) is 12.8 Å².